The van der Waals surface area contributed by atoms with Crippen LogP contribution in [0.5, 0.6) is 0 Å². The largest absolute Gasteiger partial charge is 0.453 e. The van der Waals surface area contributed by atoms with Crippen LogP contribution in [-0.4, -0.2) is 73.6 Å². The summed E-state index contributed by atoms with van der Waals surface area (Å²) >= 11 is 0. The van der Waals surface area contributed by atoms with Gasteiger partial charge in [0.05, 0.1) is 5.52 Å². The molecule has 3 aromatic heterocycles. The summed E-state index contributed by atoms with van der Waals surface area (Å²) in [5.74, 6) is 0.0675. The van der Waals surface area contributed by atoms with Crippen LogP contribution in [0.4, 0.5) is 5.95 Å². The number of hydrogen-bond acceptors (Lipinski definition) is 8. The molecule has 4 aromatic rings. The number of nitrogens with zero attached hydrogens (tertiary/aromatic N) is 7. The summed E-state index contributed by atoms with van der Waals surface area (Å²) in [6, 6.07) is 9.67. The molecule has 0 N–H and O–H groups in total. The van der Waals surface area contributed by atoms with Gasteiger partial charge < -0.3 is 14.5 Å². The van der Waals surface area contributed by atoms with E-state index >= 15 is 0 Å². The molecule has 0 spiro atoms. The number of carbonyl (C=O) groups excluding carboxylic acids is 2. The molecule has 1 fully saturated rings. The number of esters is 1. The molecule has 186 valence electrons. The van der Waals surface area contributed by atoms with Crippen molar-refractivity contribution in [3.05, 3.63) is 59.7 Å². The van der Waals surface area contributed by atoms with Gasteiger partial charge in [0.1, 0.15) is 0 Å². The van der Waals surface area contributed by atoms with Crippen LogP contribution in [0.1, 0.15) is 30.3 Å². The lowest BCUT2D eigenvalue weighted by Gasteiger charge is -2.35. The number of piperazine rings is 1. The first kappa shape index (κ1) is 23.7. The molecule has 1 aliphatic rings. The van der Waals surface area contributed by atoms with Gasteiger partial charge in [0, 0.05) is 61.8 Å². The van der Waals surface area contributed by atoms with Gasteiger partial charge >= 0.3 is 5.97 Å². The minimum absolute atomic E-state index is 0.159. The van der Waals surface area contributed by atoms with E-state index in [0.717, 1.165) is 33.5 Å². The lowest BCUT2D eigenvalue weighted by molar-refractivity contribution is -0.159. The third kappa shape index (κ3) is 4.58. The van der Waals surface area contributed by atoms with Crippen molar-refractivity contribution in [3.63, 3.8) is 0 Å². The molecule has 1 aromatic carbocycles. The minimum Gasteiger partial charge on any atom is -0.453 e. The molecule has 5 rings (SSSR count). The average Bonchev–Trinajstić information content (AvgIpc) is 3.27. The molecule has 0 saturated carbocycles. The Labute approximate surface area is 208 Å². The summed E-state index contributed by atoms with van der Waals surface area (Å²) in [5, 5.41) is 5.67. The fourth-order valence-electron chi connectivity index (χ4n) is 4.71. The van der Waals surface area contributed by atoms with E-state index in [4.69, 9.17) is 9.72 Å². The Kier molecular flexibility index (Phi) is 6.49. The van der Waals surface area contributed by atoms with Crippen molar-refractivity contribution in [3.8, 4) is 0 Å². The molecule has 10 heteroatoms. The van der Waals surface area contributed by atoms with E-state index in [1.807, 2.05) is 47.5 Å². The minimum atomic E-state index is -0.837. The van der Waals surface area contributed by atoms with E-state index < -0.39 is 12.1 Å². The molecule has 1 saturated heterocycles. The maximum Gasteiger partial charge on any atom is 0.306 e. The van der Waals surface area contributed by atoms with Gasteiger partial charge in [-0.1, -0.05) is 12.1 Å². The second-order valence-electron chi connectivity index (χ2n) is 9.01. The van der Waals surface area contributed by atoms with E-state index in [1.54, 1.807) is 30.3 Å². The summed E-state index contributed by atoms with van der Waals surface area (Å²) in [6.07, 6.45) is 3.19. The topological polar surface area (TPSA) is 106 Å². The van der Waals surface area contributed by atoms with Crippen LogP contribution in [-0.2, 0) is 20.7 Å². The maximum absolute atomic E-state index is 12.9. The van der Waals surface area contributed by atoms with Gasteiger partial charge in [-0.05, 0) is 51.0 Å². The highest BCUT2D eigenvalue weighted by atomic mass is 16.5. The van der Waals surface area contributed by atoms with Crippen molar-refractivity contribution < 1.29 is 14.3 Å². The Bertz CT molecular complexity index is 1410. The summed E-state index contributed by atoms with van der Waals surface area (Å²) in [6.45, 7) is 7.89. The highest BCUT2D eigenvalue weighted by molar-refractivity contribution is 5.92. The van der Waals surface area contributed by atoms with Crippen LogP contribution >= 0.6 is 0 Å². The molecular weight excluding hydrogens is 458 g/mol. The van der Waals surface area contributed by atoms with Crippen LogP contribution in [0.15, 0.2) is 42.7 Å². The van der Waals surface area contributed by atoms with Crippen LogP contribution in [0.2, 0.25) is 0 Å². The monoisotopic (exact) mass is 487 g/mol. The number of amides is 1. The number of aromatic nitrogens is 5. The summed E-state index contributed by atoms with van der Waals surface area (Å²) in [4.78, 5) is 42.5. The zero-order chi connectivity index (χ0) is 25.2. The summed E-state index contributed by atoms with van der Waals surface area (Å²) < 4.78 is 7.34. The smallest absolute Gasteiger partial charge is 0.306 e. The molecule has 0 radical (unpaired) electrons. The highest BCUT2D eigenvalue weighted by Gasteiger charge is 2.28. The molecule has 0 aliphatic carbocycles. The molecule has 10 nitrogen and oxygen atoms in total. The number of anilines is 1. The quantitative estimate of drug-likeness (QED) is 0.382. The van der Waals surface area contributed by atoms with Crippen LogP contribution in [0, 0.1) is 13.8 Å². The molecule has 1 atom stereocenters. The summed E-state index contributed by atoms with van der Waals surface area (Å²) in [7, 11) is 0. The summed E-state index contributed by atoms with van der Waals surface area (Å²) in [5.41, 5.74) is 4.47. The zero-order valence-corrected chi connectivity index (χ0v) is 20.7. The van der Waals surface area contributed by atoms with Crippen molar-refractivity contribution in [1.82, 2.24) is 29.5 Å². The van der Waals surface area contributed by atoms with E-state index in [2.05, 4.69) is 15.1 Å². The lowest BCUT2D eigenvalue weighted by atomic mass is 10.1. The van der Waals surface area contributed by atoms with Crippen molar-refractivity contribution in [1.29, 1.82) is 0 Å². The Morgan fingerprint density at radius 3 is 2.50 bits per heavy atom. The normalized spacial score (nSPS) is 14.9. The number of benzene rings is 1. The fourth-order valence-corrected chi connectivity index (χ4v) is 4.71. The van der Waals surface area contributed by atoms with E-state index in [-0.39, 0.29) is 12.3 Å². The van der Waals surface area contributed by atoms with Crippen molar-refractivity contribution in [2.45, 2.75) is 39.7 Å². The van der Waals surface area contributed by atoms with E-state index in [1.165, 1.54) is 0 Å². The Hall–Kier alpha value is -4.08. The third-order valence-electron chi connectivity index (χ3n) is 6.68. The second kappa shape index (κ2) is 9.88. The number of rotatable bonds is 6. The number of aryl methyl sites for hydroxylation is 2. The predicted molar refractivity (Wildman–Crippen MR) is 135 cm³/mol. The molecule has 4 heterocycles. The Balaban J connectivity index is 1.17. The first-order valence-corrected chi connectivity index (χ1v) is 12.2. The van der Waals surface area contributed by atoms with Crippen LogP contribution in [0.25, 0.3) is 16.6 Å². The van der Waals surface area contributed by atoms with Crippen molar-refractivity contribution in [2.24, 2.45) is 0 Å². The van der Waals surface area contributed by atoms with Gasteiger partial charge in [-0.2, -0.15) is 5.10 Å². The zero-order valence-electron chi connectivity index (χ0n) is 20.7. The molecule has 36 heavy (non-hydrogen) atoms. The first-order chi connectivity index (χ1) is 17.4. The van der Waals surface area contributed by atoms with E-state index in [0.29, 0.717) is 38.5 Å². The lowest BCUT2D eigenvalue weighted by Crippen LogP contribution is -2.52. The molecule has 1 amide bonds. The fraction of sp³-hybridized carbons (Fsp3) is 0.385. The first-order valence-electron chi connectivity index (χ1n) is 12.2. The van der Waals surface area contributed by atoms with Crippen molar-refractivity contribution in [2.75, 3.05) is 31.1 Å². The predicted octanol–water partition coefficient (Wildman–Crippen LogP) is 2.50. The molecular formula is C26H29N7O3. The third-order valence-corrected chi connectivity index (χ3v) is 6.68. The van der Waals surface area contributed by atoms with Crippen LogP contribution in [0.3, 0.4) is 0 Å². The standard InChI is InChI=1S/C26H29N7O3/c1-17-20(18(2)33-24(29-17)21-7-4-5-8-22(21)30-33)9-10-23(34)36-19(3)25(35)31-13-15-32(16-14-31)26-27-11-6-12-28-26/h4-8,11-12,19H,9-10,13-16H2,1-3H3. The highest BCUT2D eigenvalue weighted by Crippen LogP contribution is 2.23. The van der Waals surface area contributed by atoms with E-state index in [9.17, 15) is 9.59 Å². The number of ether oxygens (including phenoxy) is 1. The van der Waals surface area contributed by atoms with Gasteiger partial charge in [0.2, 0.25) is 5.95 Å². The molecule has 0 bridgehead atoms. The second-order valence-corrected chi connectivity index (χ2v) is 9.01. The van der Waals surface area contributed by atoms with Gasteiger partial charge in [0.15, 0.2) is 11.8 Å². The number of hydrogen-bond donors (Lipinski definition) is 0. The number of fused-ring (bicyclic) bond motifs is 3. The molecule has 1 aliphatic heterocycles. The van der Waals surface area contributed by atoms with Gasteiger partial charge in [-0.25, -0.2) is 19.5 Å². The maximum atomic E-state index is 12.9. The van der Waals surface area contributed by atoms with Crippen molar-refractivity contribution >= 4 is 34.4 Å². The number of carbonyl (C=O) groups is 2. The average molecular weight is 488 g/mol. The van der Waals surface area contributed by atoms with Gasteiger partial charge in [-0.3, -0.25) is 9.59 Å². The van der Waals surface area contributed by atoms with Crippen LogP contribution < -0.4 is 4.90 Å². The Morgan fingerprint density at radius 1 is 1.03 bits per heavy atom. The van der Waals surface area contributed by atoms with Gasteiger partial charge in [0.25, 0.3) is 5.91 Å². The SMILES string of the molecule is Cc1nc2c3ccccc3nn2c(C)c1CCC(=O)OC(C)C(=O)N1CCN(c2ncccn2)CC1. The van der Waals surface area contributed by atoms with Gasteiger partial charge in [-0.15, -0.1) is 0 Å². The molecule has 1 unspecified atom stereocenters. The Morgan fingerprint density at radius 2 is 1.75 bits per heavy atom.